The molecule has 3 fully saturated rings. The van der Waals surface area contributed by atoms with E-state index in [0.717, 1.165) is 37.5 Å². The minimum Gasteiger partial charge on any atom is -0.393 e. The van der Waals surface area contributed by atoms with Crippen molar-refractivity contribution in [1.82, 2.24) is 0 Å². The normalized spacial score (nSPS) is 52.7. The van der Waals surface area contributed by atoms with Crippen LogP contribution in [-0.2, 0) is 4.79 Å². The maximum Gasteiger partial charge on any atom is 0.155 e. The highest BCUT2D eigenvalue weighted by molar-refractivity contribution is 5.91. The van der Waals surface area contributed by atoms with E-state index in [1.807, 2.05) is 6.08 Å². The van der Waals surface area contributed by atoms with E-state index < -0.39 is 0 Å². The predicted molar refractivity (Wildman–Crippen MR) is 82.7 cm³/mol. The van der Waals surface area contributed by atoms with E-state index in [1.54, 1.807) is 0 Å². The van der Waals surface area contributed by atoms with E-state index >= 15 is 0 Å². The molecule has 0 saturated heterocycles. The Morgan fingerprint density at radius 2 is 1.86 bits per heavy atom. The van der Waals surface area contributed by atoms with Crippen molar-refractivity contribution >= 4 is 5.78 Å². The molecule has 0 bridgehead atoms. The number of hydrogen-bond donors (Lipinski definition) is 1. The highest BCUT2D eigenvalue weighted by Crippen LogP contribution is 2.65. The fourth-order valence-electron chi connectivity index (χ4n) is 6.53. The van der Waals surface area contributed by atoms with Crippen molar-refractivity contribution in [1.29, 1.82) is 0 Å². The van der Waals surface area contributed by atoms with Crippen LogP contribution < -0.4 is 0 Å². The Kier molecular flexibility index (Phi) is 2.96. The van der Waals surface area contributed by atoms with Gasteiger partial charge in [0.2, 0.25) is 0 Å². The molecule has 3 saturated carbocycles. The second-order valence-electron chi connectivity index (χ2n) is 8.61. The summed E-state index contributed by atoms with van der Waals surface area (Å²) in [6.07, 6.45) is 10.7. The molecule has 4 aliphatic rings. The molecular formula is C19H28O2. The molecule has 0 aromatic rings. The Labute approximate surface area is 128 Å². The van der Waals surface area contributed by atoms with E-state index in [2.05, 4.69) is 13.8 Å². The fourth-order valence-corrected chi connectivity index (χ4v) is 6.53. The van der Waals surface area contributed by atoms with Gasteiger partial charge in [-0.25, -0.2) is 0 Å². The predicted octanol–water partition coefficient (Wildman–Crippen LogP) is 3.88. The largest absolute Gasteiger partial charge is 0.393 e. The number of carbonyl (C=O) groups is 1. The van der Waals surface area contributed by atoms with E-state index in [0.29, 0.717) is 11.7 Å². The summed E-state index contributed by atoms with van der Waals surface area (Å²) in [5.74, 6) is 2.57. The highest BCUT2D eigenvalue weighted by atomic mass is 16.3. The fraction of sp³-hybridized carbons (Fsp3) is 0.842. The van der Waals surface area contributed by atoms with Crippen LogP contribution in [0.25, 0.3) is 0 Å². The Morgan fingerprint density at radius 1 is 1.05 bits per heavy atom. The summed E-state index contributed by atoms with van der Waals surface area (Å²) < 4.78 is 0. The number of carbonyl (C=O) groups excluding carboxylic acids is 1. The monoisotopic (exact) mass is 288 g/mol. The lowest BCUT2D eigenvalue weighted by molar-refractivity contribution is -0.118. The summed E-state index contributed by atoms with van der Waals surface area (Å²) in [4.78, 5) is 11.8. The van der Waals surface area contributed by atoms with Crippen molar-refractivity contribution in [2.45, 2.75) is 71.3 Å². The number of hydrogen-bond acceptors (Lipinski definition) is 2. The standard InChI is InChI=1S/C19H28O2/c1-18-9-7-13(20)11-12(18)3-4-14-15-5-6-17(21)19(15,2)10-8-16(14)18/h11,14-17,21H,3-10H2,1-2H3/t14-,15-,16-,17-,18-,19?/m1/s1. The maximum absolute atomic E-state index is 11.8. The van der Waals surface area contributed by atoms with Crippen LogP contribution in [0.1, 0.15) is 65.2 Å². The van der Waals surface area contributed by atoms with Crippen molar-refractivity contribution < 1.29 is 9.90 Å². The first-order valence-electron chi connectivity index (χ1n) is 8.87. The molecular weight excluding hydrogens is 260 g/mol. The topological polar surface area (TPSA) is 37.3 Å². The van der Waals surface area contributed by atoms with Crippen molar-refractivity contribution in [3.8, 4) is 0 Å². The Balaban J connectivity index is 1.69. The average Bonchev–Trinajstić information content (AvgIpc) is 2.76. The third kappa shape index (κ3) is 1.78. The third-order valence-electron chi connectivity index (χ3n) is 7.91. The molecule has 0 aliphatic heterocycles. The lowest BCUT2D eigenvalue weighted by Gasteiger charge is -2.57. The van der Waals surface area contributed by atoms with Crippen LogP contribution in [0.15, 0.2) is 11.6 Å². The van der Waals surface area contributed by atoms with Crippen molar-refractivity contribution in [2.24, 2.45) is 28.6 Å². The summed E-state index contributed by atoms with van der Waals surface area (Å²) in [6, 6.07) is 0. The van der Waals surface area contributed by atoms with Gasteiger partial charge in [-0.3, -0.25) is 4.79 Å². The van der Waals surface area contributed by atoms with E-state index in [1.165, 1.54) is 31.3 Å². The molecule has 4 aliphatic carbocycles. The summed E-state index contributed by atoms with van der Waals surface area (Å²) in [6.45, 7) is 4.76. The summed E-state index contributed by atoms with van der Waals surface area (Å²) in [5.41, 5.74) is 1.89. The number of ketones is 1. The summed E-state index contributed by atoms with van der Waals surface area (Å²) in [5, 5.41) is 10.4. The molecule has 4 rings (SSSR count). The Morgan fingerprint density at radius 3 is 2.67 bits per heavy atom. The number of aliphatic hydroxyl groups is 1. The molecule has 0 radical (unpaired) electrons. The SMILES string of the molecule is CC12CC[C@@H]3[C@H](CCC4=CC(=O)CC[C@]43C)[C@H]1CC[C@H]2O. The van der Waals surface area contributed by atoms with Crippen LogP contribution in [-0.4, -0.2) is 17.0 Å². The van der Waals surface area contributed by atoms with Gasteiger partial charge in [-0.1, -0.05) is 19.4 Å². The number of aliphatic hydroxyl groups excluding tert-OH is 1. The first-order chi connectivity index (χ1) is 9.95. The van der Waals surface area contributed by atoms with Gasteiger partial charge in [-0.2, -0.15) is 0 Å². The van der Waals surface area contributed by atoms with Crippen LogP contribution in [0.2, 0.25) is 0 Å². The quantitative estimate of drug-likeness (QED) is 0.734. The van der Waals surface area contributed by atoms with Gasteiger partial charge in [-0.05, 0) is 79.6 Å². The van der Waals surface area contributed by atoms with Crippen molar-refractivity contribution in [3.05, 3.63) is 11.6 Å². The van der Waals surface area contributed by atoms with Gasteiger partial charge in [0.1, 0.15) is 0 Å². The van der Waals surface area contributed by atoms with Gasteiger partial charge in [0, 0.05) is 6.42 Å². The maximum atomic E-state index is 11.8. The van der Waals surface area contributed by atoms with E-state index in [-0.39, 0.29) is 16.9 Å². The number of allylic oxidation sites excluding steroid dienone is 1. The molecule has 116 valence electrons. The Hall–Kier alpha value is -0.630. The molecule has 0 aromatic heterocycles. The average molecular weight is 288 g/mol. The highest BCUT2D eigenvalue weighted by Gasteiger charge is 2.58. The Bertz CT molecular complexity index is 508. The molecule has 21 heavy (non-hydrogen) atoms. The van der Waals surface area contributed by atoms with Crippen LogP contribution in [0, 0.1) is 28.6 Å². The zero-order valence-electron chi connectivity index (χ0n) is 13.4. The minimum atomic E-state index is -0.0823. The van der Waals surface area contributed by atoms with Crippen molar-refractivity contribution in [3.63, 3.8) is 0 Å². The van der Waals surface area contributed by atoms with Crippen LogP contribution in [0.5, 0.6) is 0 Å². The molecule has 2 nitrogen and oxygen atoms in total. The zero-order chi connectivity index (χ0) is 14.8. The third-order valence-corrected chi connectivity index (χ3v) is 7.91. The lowest BCUT2D eigenvalue weighted by atomic mass is 9.47. The van der Waals surface area contributed by atoms with E-state index in [4.69, 9.17) is 0 Å². The number of rotatable bonds is 0. The van der Waals surface area contributed by atoms with Crippen LogP contribution in [0.4, 0.5) is 0 Å². The molecule has 2 heteroatoms. The first-order valence-corrected chi connectivity index (χ1v) is 8.87. The lowest BCUT2D eigenvalue weighted by Crippen LogP contribution is -2.51. The zero-order valence-corrected chi connectivity index (χ0v) is 13.4. The molecule has 0 heterocycles. The van der Waals surface area contributed by atoms with E-state index in [9.17, 15) is 9.90 Å². The molecule has 1 N–H and O–H groups in total. The van der Waals surface area contributed by atoms with Crippen LogP contribution >= 0.6 is 0 Å². The number of fused-ring (bicyclic) bond motifs is 5. The molecule has 0 amide bonds. The molecule has 0 aromatic carbocycles. The van der Waals surface area contributed by atoms with Crippen LogP contribution in [0.3, 0.4) is 0 Å². The minimum absolute atomic E-state index is 0.0823. The van der Waals surface area contributed by atoms with Gasteiger partial charge >= 0.3 is 0 Å². The van der Waals surface area contributed by atoms with Gasteiger partial charge in [0.05, 0.1) is 6.10 Å². The van der Waals surface area contributed by atoms with Crippen molar-refractivity contribution in [2.75, 3.05) is 0 Å². The second kappa shape index (κ2) is 4.44. The van der Waals surface area contributed by atoms with Gasteiger partial charge in [0.15, 0.2) is 5.78 Å². The molecule has 1 unspecified atom stereocenters. The van der Waals surface area contributed by atoms with Gasteiger partial charge < -0.3 is 5.11 Å². The second-order valence-corrected chi connectivity index (χ2v) is 8.61. The van der Waals surface area contributed by atoms with Gasteiger partial charge in [0.25, 0.3) is 0 Å². The molecule has 6 atom stereocenters. The van der Waals surface area contributed by atoms with Gasteiger partial charge in [-0.15, -0.1) is 0 Å². The first kappa shape index (κ1) is 14.0. The molecule has 0 spiro atoms. The summed E-state index contributed by atoms with van der Waals surface area (Å²) >= 11 is 0. The smallest absolute Gasteiger partial charge is 0.155 e. The summed E-state index contributed by atoms with van der Waals surface area (Å²) in [7, 11) is 0.